The summed E-state index contributed by atoms with van der Waals surface area (Å²) in [4.78, 5) is 11.3. The first-order valence-electron chi connectivity index (χ1n) is 5.99. The summed E-state index contributed by atoms with van der Waals surface area (Å²) < 4.78 is 39.8. The molecule has 0 N–H and O–H groups in total. The Morgan fingerprint density at radius 2 is 1.79 bits per heavy atom. The Morgan fingerprint density at radius 1 is 1.11 bits per heavy atom. The molecule has 1 aromatic rings. The van der Waals surface area contributed by atoms with Crippen LogP contribution in [0.5, 0.6) is 5.75 Å². The number of ether oxygens (including phenoxy) is 1. The highest BCUT2D eigenvalue weighted by Gasteiger charge is 2.30. The van der Waals surface area contributed by atoms with Crippen LogP contribution >= 0.6 is 0 Å². The molecule has 5 heteroatoms. The third-order valence-electron chi connectivity index (χ3n) is 2.87. The molecule has 0 bridgehead atoms. The van der Waals surface area contributed by atoms with E-state index >= 15 is 0 Å². The highest BCUT2D eigenvalue weighted by molar-refractivity contribution is 5.91. The van der Waals surface area contributed by atoms with Crippen LogP contribution in [0.1, 0.15) is 24.8 Å². The van der Waals surface area contributed by atoms with Crippen LogP contribution < -0.4 is 4.74 Å². The van der Waals surface area contributed by atoms with Crippen LogP contribution in [0.4, 0.5) is 13.2 Å². The van der Waals surface area contributed by atoms with Crippen LogP contribution in [-0.4, -0.2) is 12.1 Å². The van der Waals surface area contributed by atoms with Crippen LogP contribution in [0.2, 0.25) is 0 Å². The molecule has 0 radical (unpaired) electrons. The van der Waals surface area contributed by atoms with E-state index in [2.05, 4.69) is 4.74 Å². The minimum absolute atomic E-state index is 0.123. The van der Waals surface area contributed by atoms with E-state index < -0.39 is 6.36 Å². The normalized spacial score (nSPS) is 16.2. The summed E-state index contributed by atoms with van der Waals surface area (Å²) in [6, 6.07) is 5.74. The summed E-state index contributed by atoms with van der Waals surface area (Å²) in [6.07, 6.45) is -0.129. The Balaban J connectivity index is 2.01. The molecule has 0 heterocycles. The Morgan fingerprint density at radius 3 is 2.37 bits per heavy atom. The molecule has 19 heavy (non-hydrogen) atoms. The maximum atomic E-state index is 12.0. The third-order valence-corrected chi connectivity index (χ3v) is 2.87. The van der Waals surface area contributed by atoms with Crippen LogP contribution in [0.3, 0.4) is 0 Å². The molecule has 1 aliphatic carbocycles. The van der Waals surface area contributed by atoms with Gasteiger partial charge in [-0.05, 0) is 43.0 Å². The predicted molar refractivity (Wildman–Crippen MR) is 63.8 cm³/mol. The summed E-state index contributed by atoms with van der Waals surface area (Å²) in [5.41, 5.74) is 1.90. The molecule has 0 atom stereocenters. The second-order valence-corrected chi connectivity index (χ2v) is 4.49. The summed E-state index contributed by atoms with van der Waals surface area (Å²) in [5, 5.41) is 0. The molecule has 0 aromatic heterocycles. The van der Waals surface area contributed by atoms with Gasteiger partial charge in [0.1, 0.15) is 5.75 Å². The van der Waals surface area contributed by atoms with Gasteiger partial charge in [0.2, 0.25) is 0 Å². The molecule has 0 saturated carbocycles. The van der Waals surface area contributed by atoms with Gasteiger partial charge in [-0.1, -0.05) is 17.7 Å². The molecule has 102 valence electrons. The largest absolute Gasteiger partial charge is 0.573 e. The Kier molecular flexibility index (Phi) is 3.93. The lowest BCUT2D eigenvalue weighted by atomic mass is 9.93. The highest BCUT2D eigenvalue weighted by atomic mass is 19.4. The average molecular weight is 270 g/mol. The van der Waals surface area contributed by atoms with Gasteiger partial charge < -0.3 is 4.74 Å². The minimum Gasteiger partial charge on any atom is -0.406 e. The SMILES string of the molecule is O=C1C=C(Cc2ccc(OC(F)(F)F)cc2)CCC1. The minimum atomic E-state index is -4.67. The van der Waals surface area contributed by atoms with Crippen molar-refractivity contribution < 1.29 is 22.7 Å². The van der Waals surface area contributed by atoms with Crippen molar-refractivity contribution in [2.45, 2.75) is 32.0 Å². The number of hydrogen-bond acceptors (Lipinski definition) is 2. The zero-order valence-corrected chi connectivity index (χ0v) is 10.2. The third kappa shape index (κ3) is 4.43. The molecule has 0 saturated heterocycles. The maximum Gasteiger partial charge on any atom is 0.573 e. The van der Waals surface area contributed by atoms with Gasteiger partial charge in [-0.25, -0.2) is 0 Å². The van der Waals surface area contributed by atoms with Gasteiger partial charge in [-0.3, -0.25) is 4.79 Å². The first-order chi connectivity index (χ1) is 8.92. The van der Waals surface area contributed by atoms with E-state index in [0.717, 1.165) is 24.0 Å². The summed E-state index contributed by atoms with van der Waals surface area (Å²) in [5.74, 6) is -0.108. The van der Waals surface area contributed by atoms with Crippen molar-refractivity contribution in [1.82, 2.24) is 0 Å². The zero-order valence-electron chi connectivity index (χ0n) is 10.2. The average Bonchev–Trinajstić information content (AvgIpc) is 2.30. The van der Waals surface area contributed by atoms with E-state index in [0.29, 0.717) is 12.8 Å². The molecule has 0 amide bonds. The number of carbonyl (C=O) groups excluding carboxylic acids is 1. The van der Waals surface area contributed by atoms with Crippen molar-refractivity contribution in [1.29, 1.82) is 0 Å². The van der Waals surface area contributed by atoms with Crippen LogP contribution in [0, 0.1) is 0 Å². The summed E-state index contributed by atoms with van der Waals surface area (Å²) in [6.45, 7) is 0. The Labute approximate surface area is 108 Å². The lowest BCUT2D eigenvalue weighted by Crippen LogP contribution is -2.17. The van der Waals surface area contributed by atoms with Gasteiger partial charge >= 0.3 is 6.36 Å². The van der Waals surface area contributed by atoms with Gasteiger partial charge in [-0.15, -0.1) is 13.2 Å². The van der Waals surface area contributed by atoms with Crippen molar-refractivity contribution in [2.75, 3.05) is 0 Å². The highest BCUT2D eigenvalue weighted by Crippen LogP contribution is 2.24. The maximum absolute atomic E-state index is 12.0. The number of rotatable bonds is 3. The molecule has 1 aliphatic rings. The standard InChI is InChI=1S/C14H13F3O2/c15-14(16,17)19-13-6-4-10(5-7-13)8-11-2-1-3-12(18)9-11/h4-7,9H,1-3,8H2. The molecule has 2 rings (SSSR count). The van der Waals surface area contributed by atoms with Gasteiger partial charge in [0.15, 0.2) is 5.78 Å². The molecule has 1 aromatic carbocycles. The van der Waals surface area contributed by atoms with Crippen LogP contribution in [-0.2, 0) is 11.2 Å². The summed E-state index contributed by atoms with van der Waals surface area (Å²) in [7, 11) is 0. The number of alkyl halides is 3. The quantitative estimate of drug-likeness (QED) is 0.835. The molecule has 2 nitrogen and oxygen atoms in total. The number of halogens is 3. The van der Waals surface area contributed by atoms with E-state index in [1.807, 2.05) is 0 Å². The molecular formula is C14H13F3O2. The number of benzene rings is 1. The Hall–Kier alpha value is -1.78. The van der Waals surface area contributed by atoms with Crippen LogP contribution in [0.25, 0.3) is 0 Å². The zero-order chi connectivity index (χ0) is 13.9. The van der Waals surface area contributed by atoms with E-state index in [1.165, 1.54) is 12.1 Å². The monoisotopic (exact) mass is 270 g/mol. The van der Waals surface area contributed by atoms with Gasteiger partial charge in [0, 0.05) is 6.42 Å². The van der Waals surface area contributed by atoms with Crippen molar-refractivity contribution in [2.24, 2.45) is 0 Å². The van der Waals surface area contributed by atoms with E-state index in [-0.39, 0.29) is 11.5 Å². The Bertz CT molecular complexity index is 486. The van der Waals surface area contributed by atoms with Gasteiger partial charge in [-0.2, -0.15) is 0 Å². The van der Waals surface area contributed by atoms with Crippen LogP contribution in [0.15, 0.2) is 35.9 Å². The smallest absolute Gasteiger partial charge is 0.406 e. The van der Waals surface area contributed by atoms with Crippen molar-refractivity contribution >= 4 is 5.78 Å². The fraction of sp³-hybridized carbons (Fsp3) is 0.357. The number of allylic oxidation sites excluding steroid dienone is 2. The topological polar surface area (TPSA) is 26.3 Å². The number of ketones is 1. The second kappa shape index (κ2) is 5.47. The predicted octanol–water partition coefficient (Wildman–Crippen LogP) is 3.81. The van der Waals surface area contributed by atoms with E-state index in [9.17, 15) is 18.0 Å². The second-order valence-electron chi connectivity index (χ2n) is 4.49. The molecule has 0 spiro atoms. The van der Waals surface area contributed by atoms with Crippen molar-refractivity contribution in [3.05, 3.63) is 41.5 Å². The lowest BCUT2D eigenvalue weighted by molar-refractivity contribution is -0.274. The van der Waals surface area contributed by atoms with Crippen molar-refractivity contribution in [3.8, 4) is 5.75 Å². The van der Waals surface area contributed by atoms with Gasteiger partial charge in [0.25, 0.3) is 0 Å². The first kappa shape index (κ1) is 13.6. The first-order valence-corrected chi connectivity index (χ1v) is 5.99. The molecule has 0 fully saturated rings. The number of carbonyl (C=O) groups is 1. The van der Waals surface area contributed by atoms with E-state index in [4.69, 9.17) is 0 Å². The fourth-order valence-corrected chi connectivity index (χ4v) is 2.07. The van der Waals surface area contributed by atoms with Gasteiger partial charge in [0.05, 0.1) is 0 Å². The summed E-state index contributed by atoms with van der Waals surface area (Å²) >= 11 is 0. The number of hydrogen-bond donors (Lipinski definition) is 0. The fourth-order valence-electron chi connectivity index (χ4n) is 2.07. The lowest BCUT2D eigenvalue weighted by Gasteiger charge is -2.13. The molecule has 0 unspecified atom stereocenters. The molecular weight excluding hydrogens is 257 g/mol. The van der Waals surface area contributed by atoms with Crippen molar-refractivity contribution in [3.63, 3.8) is 0 Å². The molecule has 0 aliphatic heterocycles. The van der Waals surface area contributed by atoms with E-state index in [1.54, 1.807) is 18.2 Å².